The third-order valence-corrected chi connectivity index (χ3v) is 2.00. The Morgan fingerprint density at radius 1 is 1.08 bits per heavy atom. The maximum atomic E-state index is 5.82. The van der Waals surface area contributed by atoms with Crippen LogP contribution in [0.25, 0.3) is 0 Å². The molecule has 0 bridgehead atoms. The van der Waals surface area contributed by atoms with Crippen molar-refractivity contribution < 1.29 is 0 Å². The second-order valence-corrected chi connectivity index (χ2v) is 3.56. The van der Waals surface area contributed by atoms with E-state index in [4.69, 9.17) is 23.2 Å². The van der Waals surface area contributed by atoms with Gasteiger partial charge in [0.2, 0.25) is 0 Å². The van der Waals surface area contributed by atoms with E-state index in [9.17, 15) is 0 Å². The predicted octanol–water partition coefficient (Wildman–Crippen LogP) is 2.62. The van der Waals surface area contributed by atoms with Crippen LogP contribution in [0.3, 0.4) is 0 Å². The van der Waals surface area contributed by atoms with Gasteiger partial charge in [0, 0.05) is 28.8 Å². The van der Waals surface area contributed by atoms with Gasteiger partial charge in [0.15, 0.2) is 0 Å². The summed E-state index contributed by atoms with van der Waals surface area (Å²) in [5, 5.41) is 7.54. The fourth-order valence-electron chi connectivity index (χ4n) is 0.988. The van der Waals surface area contributed by atoms with E-state index < -0.39 is 0 Å². The first-order valence-electron chi connectivity index (χ1n) is 4.07. The summed E-state index contributed by atoms with van der Waals surface area (Å²) in [6.07, 6.45) is 0. The highest BCUT2D eigenvalue weighted by Crippen LogP contribution is 2.21. The van der Waals surface area contributed by atoms with Crippen molar-refractivity contribution >= 4 is 28.9 Å². The first-order chi connectivity index (χ1) is 6.22. The van der Waals surface area contributed by atoms with Gasteiger partial charge < -0.3 is 10.6 Å². The van der Waals surface area contributed by atoms with Crippen molar-refractivity contribution in [2.75, 3.05) is 25.5 Å². The summed E-state index contributed by atoms with van der Waals surface area (Å²) in [7, 11) is 1.91. The van der Waals surface area contributed by atoms with Gasteiger partial charge in [-0.3, -0.25) is 0 Å². The first-order valence-corrected chi connectivity index (χ1v) is 4.82. The highest BCUT2D eigenvalue weighted by atomic mass is 35.5. The lowest BCUT2D eigenvalue weighted by atomic mass is 10.3. The zero-order valence-electron chi connectivity index (χ0n) is 7.40. The maximum absolute atomic E-state index is 5.82. The highest BCUT2D eigenvalue weighted by molar-refractivity contribution is 6.35. The molecule has 0 saturated carbocycles. The molecule has 0 spiro atoms. The molecule has 1 aromatic rings. The van der Waals surface area contributed by atoms with Crippen LogP contribution in [0.5, 0.6) is 0 Å². The molecule has 0 unspecified atom stereocenters. The molecular weight excluding hydrogens is 207 g/mol. The lowest BCUT2D eigenvalue weighted by Crippen LogP contribution is -2.17. The Labute approximate surface area is 88.2 Å². The first kappa shape index (κ1) is 10.6. The molecule has 0 aliphatic heterocycles. The van der Waals surface area contributed by atoms with Gasteiger partial charge >= 0.3 is 0 Å². The second-order valence-electron chi connectivity index (χ2n) is 2.69. The highest BCUT2D eigenvalue weighted by Gasteiger charge is 1.96. The molecule has 1 aromatic carbocycles. The average Bonchev–Trinajstić information content (AvgIpc) is 2.03. The van der Waals surface area contributed by atoms with E-state index in [1.807, 2.05) is 19.2 Å². The summed E-state index contributed by atoms with van der Waals surface area (Å²) in [5.41, 5.74) is 0.952. The average molecular weight is 219 g/mol. The van der Waals surface area contributed by atoms with Crippen LogP contribution < -0.4 is 10.6 Å². The van der Waals surface area contributed by atoms with Crippen LogP contribution in [0, 0.1) is 0 Å². The fraction of sp³-hybridized carbons (Fsp3) is 0.333. The number of halogens is 2. The van der Waals surface area contributed by atoms with Gasteiger partial charge in [-0.25, -0.2) is 0 Å². The molecule has 2 nitrogen and oxygen atoms in total. The molecule has 4 heteroatoms. The molecule has 0 aliphatic carbocycles. The normalized spacial score (nSPS) is 10.1. The predicted molar refractivity (Wildman–Crippen MR) is 58.9 cm³/mol. The summed E-state index contributed by atoms with van der Waals surface area (Å²) in [5.74, 6) is 0. The lowest BCUT2D eigenvalue weighted by Gasteiger charge is -2.06. The van der Waals surface area contributed by atoms with Crippen LogP contribution in [0.2, 0.25) is 10.0 Å². The summed E-state index contributed by atoms with van der Waals surface area (Å²) in [4.78, 5) is 0. The van der Waals surface area contributed by atoms with E-state index >= 15 is 0 Å². The Morgan fingerprint density at radius 3 is 2.23 bits per heavy atom. The largest absolute Gasteiger partial charge is 0.384 e. The number of hydrogen-bond donors (Lipinski definition) is 2. The van der Waals surface area contributed by atoms with Crippen LogP contribution in [-0.4, -0.2) is 20.1 Å². The van der Waals surface area contributed by atoms with Crippen LogP contribution in [0.1, 0.15) is 0 Å². The maximum Gasteiger partial charge on any atom is 0.0441 e. The minimum Gasteiger partial charge on any atom is -0.384 e. The number of benzene rings is 1. The lowest BCUT2D eigenvalue weighted by molar-refractivity contribution is 0.824. The Kier molecular flexibility index (Phi) is 4.36. The number of rotatable bonds is 4. The summed E-state index contributed by atoms with van der Waals surface area (Å²) < 4.78 is 0. The molecule has 2 N–H and O–H groups in total. The Morgan fingerprint density at radius 2 is 1.69 bits per heavy atom. The van der Waals surface area contributed by atoms with E-state index in [2.05, 4.69) is 10.6 Å². The van der Waals surface area contributed by atoms with Crippen molar-refractivity contribution in [2.24, 2.45) is 0 Å². The number of nitrogens with one attached hydrogen (secondary N) is 2. The zero-order chi connectivity index (χ0) is 9.68. The zero-order valence-corrected chi connectivity index (χ0v) is 8.91. The summed E-state index contributed by atoms with van der Waals surface area (Å²) in [6.45, 7) is 1.76. The van der Waals surface area contributed by atoms with E-state index in [1.165, 1.54) is 0 Å². The van der Waals surface area contributed by atoms with Gasteiger partial charge in [0.25, 0.3) is 0 Å². The molecule has 0 amide bonds. The number of anilines is 1. The third kappa shape index (κ3) is 3.85. The minimum atomic E-state index is 0.652. The SMILES string of the molecule is CNCCNc1cc(Cl)cc(Cl)c1. The summed E-state index contributed by atoms with van der Waals surface area (Å²) >= 11 is 11.6. The molecular formula is C9H12Cl2N2. The monoisotopic (exact) mass is 218 g/mol. The fourth-order valence-corrected chi connectivity index (χ4v) is 1.51. The third-order valence-electron chi connectivity index (χ3n) is 1.57. The molecule has 0 radical (unpaired) electrons. The van der Waals surface area contributed by atoms with Gasteiger partial charge in [0.05, 0.1) is 0 Å². The van der Waals surface area contributed by atoms with Crippen molar-refractivity contribution in [3.63, 3.8) is 0 Å². The van der Waals surface area contributed by atoms with Gasteiger partial charge in [-0.1, -0.05) is 23.2 Å². The molecule has 13 heavy (non-hydrogen) atoms. The molecule has 0 fully saturated rings. The topological polar surface area (TPSA) is 24.1 Å². The van der Waals surface area contributed by atoms with Gasteiger partial charge in [-0.2, -0.15) is 0 Å². The summed E-state index contributed by atoms with van der Waals surface area (Å²) in [6, 6.07) is 5.42. The molecule has 1 rings (SSSR count). The molecule has 0 aliphatic rings. The number of likely N-dealkylation sites (N-methyl/N-ethyl adjacent to an activating group) is 1. The van der Waals surface area contributed by atoms with E-state index in [1.54, 1.807) is 6.07 Å². The Balaban J connectivity index is 2.56. The smallest absolute Gasteiger partial charge is 0.0441 e. The van der Waals surface area contributed by atoms with Crippen LogP contribution >= 0.6 is 23.2 Å². The van der Waals surface area contributed by atoms with E-state index in [0.717, 1.165) is 18.8 Å². The van der Waals surface area contributed by atoms with Crippen molar-refractivity contribution in [1.29, 1.82) is 0 Å². The Hall–Kier alpha value is -0.440. The van der Waals surface area contributed by atoms with Gasteiger partial charge in [-0.15, -0.1) is 0 Å². The molecule has 0 aromatic heterocycles. The van der Waals surface area contributed by atoms with Crippen LogP contribution in [-0.2, 0) is 0 Å². The molecule has 0 atom stereocenters. The standard InChI is InChI=1S/C9H12Cl2N2/c1-12-2-3-13-9-5-7(10)4-8(11)6-9/h4-6,12-13H,2-3H2,1H3. The van der Waals surface area contributed by atoms with Gasteiger partial charge in [-0.05, 0) is 25.2 Å². The van der Waals surface area contributed by atoms with Crippen molar-refractivity contribution in [1.82, 2.24) is 5.32 Å². The van der Waals surface area contributed by atoms with E-state index in [0.29, 0.717) is 10.0 Å². The minimum absolute atomic E-state index is 0.652. The van der Waals surface area contributed by atoms with Crippen molar-refractivity contribution in [3.8, 4) is 0 Å². The van der Waals surface area contributed by atoms with Crippen LogP contribution in [0.15, 0.2) is 18.2 Å². The molecule has 0 saturated heterocycles. The van der Waals surface area contributed by atoms with Crippen molar-refractivity contribution in [2.45, 2.75) is 0 Å². The molecule has 0 heterocycles. The van der Waals surface area contributed by atoms with E-state index in [-0.39, 0.29) is 0 Å². The van der Waals surface area contributed by atoms with Gasteiger partial charge in [0.1, 0.15) is 0 Å². The van der Waals surface area contributed by atoms with Crippen LogP contribution in [0.4, 0.5) is 5.69 Å². The Bertz CT molecular complexity index is 256. The quantitative estimate of drug-likeness (QED) is 0.760. The van der Waals surface area contributed by atoms with Crippen molar-refractivity contribution in [3.05, 3.63) is 28.2 Å². The number of hydrogen-bond acceptors (Lipinski definition) is 2. The second kappa shape index (κ2) is 5.32. The molecule has 72 valence electrons.